The Morgan fingerprint density at radius 3 is 2.56 bits per heavy atom. The number of rotatable bonds is 5. The Bertz CT molecular complexity index is 1310. The molecule has 0 amide bonds. The van der Waals surface area contributed by atoms with Gasteiger partial charge in [0, 0.05) is 24.0 Å². The number of aliphatic imine (C=N–C) groups is 1. The number of hydrogen-bond donors (Lipinski definition) is 3. The molecule has 7 nitrogen and oxygen atoms in total. The van der Waals surface area contributed by atoms with Gasteiger partial charge in [0.2, 0.25) is 0 Å². The average molecular weight is 469 g/mol. The fourth-order valence-electron chi connectivity index (χ4n) is 3.97. The molecule has 0 bridgehead atoms. The maximum atomic E-state index is 13.5. The van der Waals surface area contributed by atoms with Crippen LogP contribution in [0.1, 0.15) is 31.4 Å². The van der Waals surface area contributed by atoms with Crippen molar-refractivity contribution in [1.29, 1.82) is 5.26 Å². The summed E-state index contributed by atoms with van der Waals surface area (Å²) in [5, 5.41) is 34.2. The van der Waals surface area contributed by atoms with Crippen LogP contribution in [0.15, 0.2) is 59.7 Å². The van der Waals surface area contributed by atoms with E-state index >= 15 is 0 Å². The normalized spacial score (nSPS) is 16.9. The first-order valence-corrected chi connectivity index (χ1v) is 10.5. The van der Waals surface area contributed by atoms with Gasteiger partial charge in [-0.15, -0.1) is 0 Å². The summed E-state index contributed by atoms with van der Waals surface area (Å²) in [4.78, 5) is 9.74. The molecule has 4 rings (SSSR count). The molecule has 0 unspecified atom stereocenters. The molecule has 10 heteroatoms. The van der Waals surface area contributed by atoms with Crippen LogP contribution >= 0.6 is 0 Å². The number of amidine groups is 1. The Hall–Kier alpha value is -3.68. The fraction of sp³-hybridized carbons (Fsp3) is 0.292. The number of anilines is 2. The molecule has 1 aromatic heterocycles. The monoisotopic (exact) mass is 469 g/mol. The predicted molar refractivity (Wildman–Crippen MR) is 122 cm³/mol. The van der Waals surface area contributed by atoms with Crippen LogP contribution in [0.2, 0.25) is 0 Å². The molecule has 0 saturated carbocycles. The second kappa shape index (κ2) is 8.27. The van der Waals surface area contributed by atoms with Gasteiger partial charge in [0.25, 0.3) is 5.91 Å². The zero-order valence-corrected chi connectivity index (χ0v) is 18.4. The summed E-state index contributed by atoms with van der Waals surface area (Å²) in [6.45, 7) is 3.25. The Kier molecular flexibility index (Phi) is 5.71. The van der Waals surface area contributed by atoms with Crippen LogP contribution in [0.3, 0.4) is 0 Å². The van der Waals surface area contributed by atoms with E-state index in [2.05, 4.69) is 15.3 Å². The molecule has 2 heterocycles. The topological polar surface area (TPSA) is 105 Å². The minimum atomic E-state index is -4.75. The van der Waals surface area contributed by atoms with E-state index in [-0.39, 0.29) is 17.9 Å². The zero-order chi connectivity index (χ0) is 24.7. The number of nitrogens with one attached hydrogen (secondary N) is 1. The Morgan fingerprint density at radius 1 is 1.12 bits per heavy atom. The van der Waals surface area contributed by atoms with E-state index in [1.807, 2.05) is 30.3 Å². The lowest BCUT2D eigenvalue weighted by Gasteiger charge is -2.39. The summed E-state index contributed by atoms with van der Waals surface area (Å²) in [7, 11) is 0. The van der Waals surface area contributed by atoms with Gasteiger partial charge in [0.15, 0.2) is 0 Å². The maximum Gasteiger partial charge on any atom is 0.417 e. The Labute approximate surface area is 193 Å². The first-order chi connectivity index (χ1) is 15.9. The molecule has 1 aliphatic heterocycles. The van der Waals surface area contributed by atoms with Gasteiger partial charge < -0.3 is 20.4 Å². The maximum absolute atomic E-state index is 13.5. The van der Waals surface area contributed by atoms with E-state index in [1.54, 1.807) is 12.3 Å². The lowest BCUT2D eigenvalue weighted by atomic mass is 9.97. The average Bonchev–Trinajstić information content (AvgIpc) is 2.96. The van der Waals surface area contributed by atoms with Crippen molar-refractivity contribution in [2.45, 2.75) is 37.9 Å². The first-order valence-electron chi connectivity index (χ1n) is 10.5. The number of aromatic nitrogens is 1. The molecule has 0 saturated heterocycles. The van der Waals surface area contributed by atoms with Crippen molar-refractivity contribution in [3.05, 3.63) is 65.9 Å². The lowest BCUT2D eigenvalue weighted by Crippen LogP contribution is -2.56. The Balaban J connectivity index is 1.61. The molecule has 0 fully saturated rings. The number of alkyl halides is 3. The number of aliphatic hydroxyl groups is 2. The summed E-state index contributed by atoms with van der Waals surface area (Å²) in [5.41, 5.74) is -1.46. The second-order valence-corrected chi connectivity index (χ2v) is 8.49. The van der Waals surface area contributed by atoms with Crippen LogP contribution in [-0.2, 0) is 6.18 Å². The van der Waals surface area contributed by atoms with Crippen LogP contribution in [0.25, 0.3) is 10.9 Å². The molecule has 3 N–H and O–H groups in total. The molecule has 0 radical (unpaired) electrons. The molecule has 2 aromatic carbocycles. The van der Waals surface area contributed by atoms with E-state index < -0.39 is 28.8 Å². The van der Waals surface area contributed by atoms with Crippen molar-refractivity contribution < 1.29 is 23.4 Å². The number of para-hydroxylation sites is 1. The molecular formula is C24H22F3N5O2. The van der Waals surface area contributed by atoms with Gasteiger partial charge in [-0.05, 0) is 44.2 Å². The van der Waals surface area contributed by atoms with Crippen LogP contribution in [-0.4, -0.2) is 39.0 Å². The van der Waals surface area contributed by atoms with E-state index in [9.17, 15) is 23.4 Å². The standard InChI is InChI=1S/C24H22F3N5O2/c1-22(2)24(33,34)31-21(9-10-29-17-11-15-5-3-4-6-20(15)30-14-17)32(22)18-8-7-16(13-28)19(12-18)23(25,26)27/h3-8,11-12,14,29,33-34H,9-10H2,1-2H3. The molecule has 0 aliphatic carbocycles. The highest BCUT2D eigenvalue weighted by Crippen LogP contribution is 2.41. The van der Waals surface area contributed by atoms with Gasteiger partial charge in [-0.25, -0.2) is 4.99 Å². The van der Waals surface area contributed by atoms with Crippen molar-refractivity contribution in [3.63, 3.8) is 0 Å². The third-order valence-corrected chi connectivity index (χ3v) is 5.88. The quantitative estimate of drug-likeness (QED) is 0.483. The smallest absolute Gasteiger partial charge is 0.383 e. The summed E-state index contributed by atoms with van der Waals surface area (Å²) in [6, 6.07) is 14.3. The summed E-state index contributed by atoms with van der Waals surface area (Å²) < 4.78 is 40.6. The molecule has 0 atom stereocenters. The van der Waals surface area contributed by atoms with E-state index in [0.29, 0.717) is 6.54 Å². The van der Waals surface area contributed by atoms with Gasteiger partial charge in [-0.2, -0.15) is 18.4 Å². The van der Waals surface area contributed by atoms with Crippen LogP contribution in [0.4, 0.5) is 24.5 Å². The highest BCUT2D eigenvalue weighted by molar-refractivity contribution is 6.02. The van der Waals surface area contributed by atoms with Crippen LogP contribution in [0, 0.1) is 11.3 Å². The highest BCUT2D eigenvalue weighted by atomic mass is 19.4. The molecule has 0 spiro atoms. The number of benzene rings is 2. The number of hydrogen-bond acceptors (Lipinski definition) is 7. The summed E-state index contributed by atoms with van der Waals surface area (Å²) in [5.74, 6) is -2.34. The van der Waals surface area contributed by atoms with Crippen molar-refractivity contribution in [3.8, 4) is 6.07 Å². The van der Waals surface area contributed by atoms with Gasteiger partial charge in [0.1, 0.15) is 11.4 Å². The number of halogens is 3. The number of fused-ring (bicyclic) bond motifs is 1. The predicted octanol–water partition coefficient (Wildman–Crippen LogP) is 4.26. The number of nitrogens with zero attached hydrogens (tertiary/aromatic N) is 4. The highest BCUT2D eigenvalue weighted by Gasteiger charge is 2.54. The van der Waals surface area contributed by atoms with Crippen LogP contribution < -0.4 is 10.2 Å². The van der Waals surface area contributed by atoms with E-state index in [0.717, 1.165) is 28.7 Å². The van der Waals surface area contributed by atoms with Crippen molar-refractivity contribution in [2.24, 2.45) is 4.99 Å². The third-order valence-electron chi connectivity index (χ3n) is 5.88. The Morgan fingerprint density at radius 2 is 1.85 bits per heavy atom. The fourth-order valence-corrected chi connectivity index (χ4v) is 3.97. The first kappa shape index (κ1) is 23.5. The molecular weight excluding hydrogens is 447 g/mol. The summed E-state index contributed by atoms with van der Waals surface area (Å²) >= 11 is 0. The van der Waals surface area contributed by atoms with Crippen molar-refractivity contribution in [1.82, 2.24) is 4.98 Å². The van der Waals surface area contributed by atoms with Gasteiger partial charge in [0.05, 0.1) is 34.6 Å². The zero-order valence-electron chi connectivity index (χ0n) is 18.4. The molecule has 34 heavy (non-hydrogen) atoms. The second-order valence-electron chi connectivity index (χ2n) is 8.49. The van der Waals surface area contributed by atoms with Gasteiger partial charge >= 0.3 is 6.18 Å². The number of pyridine rings is 1. The largest absolute Gasteiger partial charge is 0.417 e. The van der Waals surface area contributed by atoms with E-state index in [1.165, 1.54) is 24.8 Å². The van der Waals surface area contributed by atoms with Gasteiger partial charge in [-0.1, -0.05) is 18.2 Å². The SMILES string of the molecule is CC1(C)N(c2ccc(C#N)c(C(F)(F)F)c2)C(CCNc2cnc3ccccc3c2)=NC1(O)O. The molecule has 3 aromatic rings. The van der Waals surface area contributed by atoms with E-state index in [4.69, 9.17) is 5.26 Å². The summed E-state index contributed by atoms with van der Waals surface area (Å²) in [6.07, 6.45) is -2.90. The van der Waals surface area contributed by atoms with Crippen LogP contribution in [0.5, 0.6) is 0 Å². The van der Waals surface area contributed by atoms with Crippen molar-refractivity contribution in [2.75, 3.05) is 16.8 Å². The van der Waals surface area contributed by atoms with Gasteiger partial charge in [-0.3, -0.25) is 4.98 Å². The minimum Gasteiger partial charge on any atom is -0.383 e. The third kappa shape index (κ3) is 4.16. The number of nitriles is 1. The molecule has 1 aliphatic rings. The molecule has 176 valence electrons. The van der Waals surface area contributed by atoms with Crippen molar-refractivity contribution >= 4 is 28.1 Å². The minimum absolute atomic E-state index is 0.0485. The lowest BCUT2D eigenvalue weighted by molar-refractivity contribution is -0.185.